The number of aliphatic carboxylic acids is 1. The van der Waals surface area contributed by atoms with Gasteiger partial charge in [0.2, 0.25) is 0 Å². The van der Waals surface area contributed by atoms with E-state index in [1.165, 1.54) is 0 Å². The third kappa shape index (κ3) is 1.18. The molecule has 0 spiro atoms. The average Bonchev–Trinajstić information content (AvgIpc) is 2.47. The van der Waals surface area contributed by atoms with Gasteiger partial charge in [-0.25, -0.2) is 0 Å². The van der Waals surface area contributed by atoms with Crippen molar-refractivity contribution in [1.82, 2.24) is 0 Å². The molecule has 1 N–H and O–H groups in total. The molecule has 2 nitrogen and oxygen atoms in total. The zero-order valence-electron chi connectivity index (χ0n) is 6.51. The second-order valence-corrected chi connectivity index (χ2v) is 4.30. The van der Waals surface area contributed by atoms with Crippen molar-refractivity contribution in [3.8, 4) is 0 Å². The molecule has 1 heterocycles. The van der Waals surface area contributed by atoms with Crippen LogP contribution in [-0.4, -0.2) is 22.1 Å². The highest BCUT2D eigenvalue weighted by Crippen LogP contribution is 2.40. The van der Waals surface area contributed by atoms with Crippen molar-refractivity contribution in [2.75, 3.05) is 5.75 Å². The van der Waals surface area contributed by atoms with E-state index >= 15 is 0 Å². The number of rotatable bonds is 1. The van der Waals surface area contributed by atoms with Gasteiger partial charge in [0.1, 0.15) is 0 Å². The number of hydrogen-bond donors (Lipinski definition) is 1. The van der Waals surface area contributed by atoms with Gasteiger partial charge in [0.25, 0.3) is 0 Å². The van der Waals surface area contributed by atoms with Crippen LogP contribution in [0.3, 0.4) is 0 Å². The lowest BCUT2D eigenvalue weighted by molar-refractivity contribution is -0.141. The maximum absolute atomic E-state index is 10.8. The van der Waals surface area contributed by atoms with Crippen LogP contribution in [0.1, 0.15) is 0 Å². The van der Waals surface area contributed by atoms with E-state index in [1.54, 1.807) is 11.8 Å². The van der Waals surface area contributed by atoms with E-state index in [9.17, 15) is 4.79 Å². The second kappa shape index (κ2) is 2.98. The summed E-state index contributed by atoms with van der Waals surface area (Å²) in [5.41, 5.74) is 0. The summed E-state index contributed by atoms with van der Waals surface area (Å²) < 4.78 is 0. The van der Waals surface area contributed by atoms with Gasteiger partial charge < -0.3 is 5.11 Å². The summed E-state index contributed by atoms with van der Waals surface area (Å²) in [6.45, 7) is 0. The second-order valence-electron chi connectivity index (χ2n) is 3.09. The molecule has 1 fully saturated rings. The molecule has 0 saturated carbocycles. The first kappa shape index (κ1) is 7.92. The molecule has 0 aromatic rings. The Kier molecular flexibility index (Phi) is 1.97. The number of thioether (sulfide) groups is 1. The van der Waals surface area contributed by atoms with Gasteiger partial charge >= 0.3 is 5.97 Å². The molecule has 0 aromatic heterocycles. The summed E-state index contributed by atoms with van der Waals surface area (Å²) in [4.78, 5) is 10.8. The SMILES string of the molecule is O=C(O)C1CSC2C=CC=CC21. The molecule has 64 valence electrons. The summed E-state index contributed by atoms with van der Waals surface area (Å²) in [7, 11) is 0. The molecule has 12 heavy (non-hydrogen) atoms. The first-order valence-electron chi connectivity index (χ1n) is 3.98. The van der Waals surface area contributed by atoms with E-state index < -0.39 is 5.97 Å². The fourth-order valence-electron chi connectivity index (χ4n) is 1.70. The van der Waals surface area contributed by atoms with E-state index in [0.29, 0.717) is 5.25 Å². The Morgan fingerprint density at radius 2 is 2.17 bits per heavy atom. The van der Waals surface area contributed by atoms with Gasteiger partial charge in [-0.15, -0.1) is 0 Å². The van der Waals surface area contributed by atoms with Crippen LogP contribution in [0, 0.1) is 11.8 Å². The standard InChI is InChI=1S/C9H10O2S/c10-9(11)7-5-12-8-4-2-1-3-6(7)8/h1-4,6-8H,5H2,(H,10,11). The van der Waals surface area contributed by atoms with Crippen LogP contribution < -0.4 is 0 Å². The van der Waals surface area contributed by atoms with E-state index in [0.717, 1.165) is 5.75 Å². The molecule has 2 aliphatic rings. The Labute approximate surface area is 75.3 Å². The summed E-state index contributed by atoms with van der Waals surface area (Å²) in [6, 6.07) is 0. The van der Waals surface area contributed by atoms with Crippen LogP contribution >= 0.6 is 11.8 Å². The molecule has 1 aliphatic heterocycles. The van der Waals surface area contributed by atoms with Gasteiger partial charge in [-0.3, -0.25) is 4.79 Å². The average molecular weight is 182 g/mol. The third-order valence-corrected chi connectivity index (χ3v) is 3.78. The molecule has 3 unspecified atom stereocenters. The third-order valence-electron chi connectivity index (χ3n) is 2.37. The summed E-state index contributed by atoms with van der Waals surface area (Å²) >= 11 is 1.74. The number of carbonyl (C=O) groups is 1. The monoisotopic (exact) mass is 182 g/mol. The minimum atomic E-state index is -0.657. The minimum absolute atomic E-state index is 0.179. The molecule has 0 amide bonds. The van der Waals surface area contributed by atoms with Crippen molar-refractivity contribution in [2.45, 2.75) is 5.25 Å². The predicted octanol–water partition coefficient (Wildman–Crippen LogP) is 1.54. The van der Waals surface area contributed by atoms with E-state index in [1.807, 2.05) is 18.2 Å². The highest BCUT2D eigenvalue weighted by Gasteiger charge is 2.38. The fourth-order valence-corrected chi connectivity index (χ4v) is 3.19. The number of fused-ring (bicyclic) bond motifs is 1. The Morgan fingerprint density at radius 3 is 2.92 bits per heavy atom. The maximum atomic E-state index is 10.8. The maximum Gasteiger partial charge on any atom is 0.307 e. The van der Waals surface area contributed by atoms with Gasteiger partial charge in [-0.2, -0.15) is 11.8 Å². The topological polar surface area (TPSA) is 37.3 Å². The van der Waals surface area contributed by atoms with E-state index in [4.69, 9.17) is 5.11 Å². The molecule has 0 bridgehead atoms. The first-order valence-corrected chi connectivity index (χ1v) is 5.03. The quantitative estimate of drug-likeness (QED) is 0.668. The van der Waals surface area contributed by atoms with Crippen LogP contribution in [0.2, 0.25) is 0 Å². The zero-order valence-corrected chi connectivity index (χ0v) is 7.33. The van der Waals surface area contributed by atoms with Crippen molar-refractivity contribution >= 4 is 17.7 Å². The van der Waals surface area contributed by atoms with Crippen molar-refractivity contribution in [2.24, 2.45) is 11.8 Å². The lowest BCUT2D eigenvalue weighted by atomic mass is 9.88. The highest BCUT2D eigenvalue weighted by atomic mass is 32.2. The van der Waals surface area contributed by atoms with E-state index in [-0.39, 0.29) is 11.8 Å². The molecule has 3 atom stereocenters. The van der Waals surface area contributed by atoms with Crippen molar-refractivity contribution < 1.29 is 9.90 Å². The zero-order chi connectivity index (χ0) is 8.55. The predicted molar refractivity (Wildman–Crippen MR) is 49.1 cm³/mol. The normalized spacial score (nSPS) is 38.2. The van der Waals surface area contributed by atoms with Crippen LogP contribution in [0.4, 0.5) is 0 Å². The first-order chi connectivity index (χ1) is 5.79. The van der Waals surface area contributed by atoms with Crippen molar-refractivity contribution in [3.63, 3.8) is 0 Å². The van der Waals surface area contributed by atoms with Gasteiger partial charge in [-0.1, -0.05) is 24.3 Å². The molecule has 1 aliphatic carbocycles. The smallest absolute Gasteiger partial charge is 0.307 e. The number of allylic oxidation sites excluding steroid dienone is 3. The van der Waals surface area contributed by atoms with Crippen molar-refractivity contribution in [3.05, 3.63) is 24.3 Å². The number of carboxylic acids is 1. The Hall–Kier alpha value is -0.700. The fraction of sp³-hybridized carbons (Fsp3) is 0.444. The largest absolute Gasteiger partial charge is 0.481 e. The van der Waals surface area contributed by atoms with Gasteiger partial charge in [0.15, 0.2) is 0 Å². The molecule has 1 saturated heterocycles. The molecule has 0 aromatic carbocycles. The van der Waals surface area contributed by atoms with Crippen LogP contribution in [0.5, 0.6) is 0 Å². The summed E-state index contributed by atoms with van der Waals surface area (Å²) in [5, 5.41) is 9.28. The van der Waals surface area contributed by atoms with E-state index in [2.05, 4.69) is 6.08 Å². The summed E-state index contributed by atoms with van der Waals surface area (Å²) in [5.74, 6) is 0.132. The molecular formula is C9H10O2S. The van der Waals surface area contributed by atoms with Gasteiger partial charge in [-0.05, 0) is 0 Å². The Bertz CT molecular complexity index is 257. The molecular weight excluding hydrogens is 172 g/mol. The number of carboxylic acid groups (broad SMARTS) is 1. The highest BCUT2D eigenvalue weighted by molar-refractivity contribution is 8.00. The Balaban J connectivity index is 2.18. The molecule has 2 rings (SSSR count). The van der Waals surface area contributed by atoms with Crippen LogP contribution in [0.15, 0.2) is 24.3 Å². The van der Waals surface area contributed by atoms with Crippen molar-refractivity contribution in [1.29, 1.82) is 0 Å². The summed E-state index contributed by atoms with van der Waals surface area (Å²) in [6.07, 6.45) is 8.06. The van der Waals surface area contributed by atoms with Gasteiger partial charge in [0, 0.05) is 16.9 Å². The van der Waals surface area contributed by atoms with Gasteiger partial charge in [0.05, 0.1) is 5.92 Å². The number of hydrogen-bond acceptors (Lipinski definition) is 2. The van der Waals surface area contributed by atoms with Crippen LogP contribution in [-0.2, 0) is 4.79 Å². The molecule has 3 heteroatoms. The minimum Gasteiger partial charge on any atom is -0.481 e. The lowest BCUT2D eigenvalue weighted by Crippen LogP contribution is -2.24. The Morgan fingerprint density at radius 1 is 1.42 bits per heavy atom. The molecule has 0 radical (unpaired) electrons. The lowest BCUT2D eigenvalue weighted by Gasteiger charge is -2.17. The van der Waals surface area contributed by atoms with Crippen LogP contribution in [0.25, 0.3) is 0 Å².